The number of nitrogens with zero attached hydrogens (tertiary/aromatic N) is 2. The molecule has 21 heavy (non-hydrogen) atoms. The number of rotatable bonds is 4. The average molecular weight is 475 g/mol. The molecule has 1 atom stereocenters. The molecule has 0 radical (unpaired) electrons. The fourth-order valence-electron chi connectivity index (χ4n) is 1.84. The Bertz CT molecular complexity index is 679. The van der Waals surface area contributed by atoms with Crippen molar-refractivity contribution < 1.29 is 21.2 Å². The maximum absolute atomic E-state index is 6.23. The molecule has 0 spiro atoms. The van der Waals surface area contributed by atoms with Gasteiger partial charge in [-0.3, -0.25) is 0 Å². The first kappa shape index (κ1) is 15.2. The van der Waals surface area contributed by atoms with Crippen LogP contribution in [-0.2, 0) is 0 Å². The number of benzene rings is 2. The molecule has 3 rings (SSSR count). The minimum atomic E-state index is 0.258. The van der Waals surface area contributed by atoms with E-state index < -0.39 is 0 Å². The summed E-state index contributed by atoms with van der Waals surface area (Å²) in [4.78, 5) is 0. The van der Waals surface area contributed by atoms with Crippen molar-refractivity contribution in [3.8, 4) is 0 Å². The number of hydrogen-bond donors (Lipinski definition) is 0. The van der Waals surface area contributed by atoms with Crippen molar-refractivity contribution in [3.05, 3.63) is 70.2 Å². The SMILES string of the molecule is Cl/C(=N\N=C(\c1ccc(Br)cc1)C1C[I-]1)c1ccccc1. The number of alkyl halides is 2. The van der Waals surface area contributed by atoms with Crippen LogP contribution in [0.4, 0.5) is 0 Å². The molecule has 2 aromatic rings. The van der Waals surface area contributed by atoms with Gasteiger partial charge in [-0.1, -0.05) is 0 Å². The Morgan fingerprint density at radius 3 is 2.29 bits per heavy atom. The fourth-order valence-corrected chi connectivity index (χ4v) is 3.84. The zero-order valence-corrected chi connectivity index (χ0v) is 15.5. The Morgan fingerprint density at radius 1 is 1.00 bits per heavy atom. The van der Waals surface area contributed by atoms with E-state index in [1.165, 1.54) is 4.43 Å². The van der Waals surface area contributed by atoms with Gasteiger partial charge in [-0.2, -0.15) is 0 Å². The second kappa shape index (κ2) is 7.03. The monoisotopic (exact) mass is 473 g/mol. The van der Waals surface area contributed by atoms with Crippen molar-refractivity contribution in [1.82, 2.24) is 0 Å². The molecule has 1 aliphatic heterocycles. The van der Waals surface area contributed by atoms with Crippen molar-refractivity contribution in [2.24, 2.45) is 10.2 Å². The summed E-state index contributed by atoms with van der Waals surface area (Å²) in [5.74, 6) is 0. The molecule has 2 nitrogen and oxygen atoms in total. The standard InChI is InChI=1S/C16H12BrClIN2/c17-13-8-6-11(7-9-13)15(14-10-19-14)20-21-16(18)12-4-2-1-3-5-12/h1-9,14H,10H2/q-1/b20-15-,21-16-. The van der Waals surface area contributed by atoms with E-state index in [2.05, 4.69) is 38.3 Å². The van der Waals surface area contributed by atoms with Gasteiger partial charge in [-0.15, -0.1) is 0 Å². The van der Waals surface area contributed by atoms with Crippen LogP contribution in [0.5, 0.6) is 0 Å². The molecule has 2 aromatic carbocycles. The molecule has 1 unspecified atom stereocenters. The summed E-state index contributed by atoms with van der Waals surface area (Å²) in [7, 11) is 0. The van der Waals surface area contributed by atoms with E-state index in [0.717, 1.165) is 21.3 Å². The second-order valence-corrected chi connectivity index (χ2v) is 9.06. The summed E-state index contributed by atoms with van der Waals surface area (Å²) in [6.45, 7) is 0. The number of halogens is 3. The molecule has 0 N–H and O–H groups in total. The van der Waals surface area contributed by atoms with Gasteiger partial charge in [0.2, 0.25) is 0 Å². The van der Waals surface area contributed by atoms with Crippen LogP contribution in [0.15, 0.2) is 69.3 Å². The van der Waals surface area contributed by atoms with E-state index in [1.807, 2.05) is 42.5 Å². The topological polar surface area (TPSA) is 24.7 Å². The Hall–Kier alpha value is -0.720. The van der Waals surface area contributed by atoms with Crippen LogP contribution in [0.1, 0.15) is 11.1 Å². The van der Waals surface area contributed by atoms with E-state index in [-0.39, 0.29) is 21.2 Å². The number of hydrogen-bond acceptors (Lipinski definition) is 2. The second-order valence-electron chi connectivity index (χ2n) is 4.53. The molecule has 0 bridgehead atoms. The summed E-state index contributed by atoms with van der Waals surface area (Å²) in [6, 6.07) is 17.9. The van der Waals surface area contributed by atoms with Crippen molar-refractivity contribution >= 4 is 38.4 Å². The van der Waals surface area contributed by atoms with Gasteiger partial charge < -0.3 is 0 Å². The van der Waals surface area contributed by atoms with Crippen molar-refractivity contribution in [3.63, 3.8) is 0 Å². The van der Waals surface area contributed by atoms with E-state index in [0.29, 0.717) is 9.10 Å². The maximum atomic E-state index is 6.23. The third-order valence-electron chi connectivity index (χ3n) is 3.00. The van der Waals surface area contributed by atoms with Gasteiger partial charge in [0.25, 0.3) is 0 Å². The molecule has 1 heterocycles. The molecular weight excluding hydrogens is 462 g/mol. The molecule has 108 valence electrons. The van der Waals surface area contributed by atoms with Crippen molar-refractivity contribution in [1.29, 1.82) is 0 Å². The zero-order valence-electron chi connectivity index (χ0n) is 11.0. The van der Waals surface area contributed by atoms with Gasteiger partial charge in [0.15, 0.2) is 0 Å². The summed E-state index contributed by atoms with van der Waals surface area (Å²) in [5.41, 5.74) is 3.11. The Labute approximate surface area is 147 Å². The van der Waals surface area contributed by atoms with Gasteiger partial charge in [-0.05, 0) is 0 Å². The molecule has 1 saturated heterocycles. The van der Waals surface area contributed by atoms with Crippen LogP contribution >= 0.6 is 27.5 Å². The molecule has 0 saturated carbocycles. The third-order valence-corrected chi connectivity index (χ3v) is 6.18. The fraction of sp³-hybridized carbons (Fsp3) is 0.125. The summed E-state index contributed by atoms with van der Waals surface area (Å²) in [5, 5.41) is 9.11. The van der Waals surface area contributed by atoms with Crippen LogP contribution in [0.3, 0.4) is 0 Å². The molecule has 0 aromatic heterocycles. The van der Waals surface area contributed by atoms with E-state index >= 15 is 0 Å². The Morgan fingerprint density at radius 2 is 1.67 bits per heavy atom. The summed E-state index contributed by atoms with van der Waals surface area (Å²) < 4.78 is 2.97. The molecule has 1 fully saturated rings. The normalized spacial score (nSPS) is 19.0. The van der Waals surface area contributed by atoms with E-state index in [9.17, 15) is 0 Å². The summed E-state index contributed by atoms with van der Waals surface area (Å²) >= 11 is 9.95. The van der Waals surface area contributed by atoms with Crippen molar-refractivity contribution in [2.75, 3.05) is 4.43 Å². The quantitative estimate of drug-likeness (QED) is 0.276. The predicted octanol–water partition coefficient (Wildman–Crippen LogP) is 1.31. The van der Waals surface area contributed by atoms with Gasteiger partial charge >= 0.3 is 148 Å². The van der Waals surface area contributed by atoms with Gasteiger partial charge in [0, 0.05) is 0 Å². The van der Waals surface area contributed by atoms with Crippen LogP contribution < -0.4 is 21.2 Å². The van der Waals surface area contributed by atoms with Crippen LogP contribution in [0, 0.1) is 0 Å². The van der Waals surface area contributed by atoms with Gasteiger partial charge in [-0.25, -0.2) is 0 Å². The van der Waals surface area contributed by atoms with Crippen molar-refractivity contribution in [2.45, 2.75) is 3.92 Å². The molecule has 1 aliphatic rings. The van der Waals surface area contributed by atoms with Gasteiger partial charge in [0.05, 0.1) is 0 Å². The molecule has 5 heteroatoms. The third kappa shape index (κ3) is 4.14. The molecular formula is C16H12BrClIN2-. The predicted molar refractivity (Wildman–Crippen MR) is 88.2 cm³/mol. The van der Waals surface area contributed by atoms with Crippen LogP contribution in [-0.4, -0.2) is 19.2 Å². The average Bonchev–Trinajstić information content (AvgIpc) is 3.35. The first-order valence-corrected chi connectivity index (χ1v) is 10.4. The minimum absolute atomic E-state index is 0.258. The van der Waals surface area contributed by atoms with E-state index in [1.54, 1.807) is 0 Å². The first-order valence-electron chi connectivity index (χ1n) is 6.44. The van der Waals surface area contributed by atoms with Crippen LogP contribution in [0.2, 0.25) is 0 Å². The Kier molecular flexibility index (Phi) is 5.08. The van der Waals surface area contributed by atoms with E-state index in [4.69, 9.17) is 11.6 Å². The zero-order chi connectivity index (χ0) is 14.7. The molecule has 0 amide bonds. The summed E-state index contributed by atoms with van der Waals surface area (Å²) in [6.07, 6.45) is 0. The Balaban J connectivity index is 1.89. The van der Waals surface area contributed by atoms with Crippen LogP contribution in [0.25, 0.3) is 0 Å². The van der Waals surface area contributed by atoms with Gasteiger partial charge in [0.1, 0.15) is 0 Å². The molecule has 0 aliphatic carbocycles. The first-order chi connectivity index (χ1) is 10.2.